The van der Waals surface area contributed by atoms with Gasteiger partial charge in [0.15, 0.2) is 0 Å². The molecule has 1 aliphatic carbocycles. The summed E-state index contributed by atoms with van der Waals surface area (Å²) in [4.78, 5) is 21.8. The largest absolute Gasteiger partial charge is 0.493 e. The molecule has 0 spiro atoms. The fourth-order valence-corrected chi connectivity index (χ4v) is 5.14. The van der Waals surface area contributed by atoms with Gasteiger partial charge >= 0.3 is 0 Å². The maximum absolute atomic E-state index is 12.1. The highest BCUT2D eigenvalue weighted by molar-refractivity contribution is 5.76. The van der Waals surface area contributed by atoms with Crippen LogP contribution in [0.2, 0.25) is 0 Å². The van der Waals surface area contributed by atoms with Gasteiger partial charge in [0.05, 0.1) is 19.1 Å². The minimum atomic E-state index is -0.0104. The van der Waals surface area contributed by atoms with Crippen molar-refractivity contribution in [1.29, 1.82) is 0 Å². The zero-order valence-corrected chi connectivity index (χ0v) is 19.1. The first-order valence-electron chi connectivity index (χ1n) is 12.0. The smallest absolute Gasteiger partial charge is 0.222 e. The van der Waals surface area contributed by atoms with Crippen LogP contribution in [0.4, 0.5) is 5.82 Å². The Labute approximate surface area is 186 Å². The number of piperazine rings is 1. The standard InChI is InChI=1S/C24H38N4O3/c1-18(30-2)17-23(29)26-20-5-3-19(4-6-20)8-11-27-12-14-28(15-13-27)24-21-9-16-31-22(21)7-10-25-24/h7,10,18-20H,3-6,8-9,11-17H2,1-2H3,(H,26,29)/t18?,19-,20-. The molecule has 1 N–H and O–H groups in total. The van der Waals surface area contributed by atoms with Crippen molar-refractivity contribution in [1.82, 2.24) is 15.2 Å². The highest BCUT2D eigenvalue weighted by Gasteiger charge is 2.26. The molecule has 1 aromatic heterocycles. The molecule has 31 heavy (non-hydrogen) atoms. The number of hydrogen-bond acceptors (Lipinski definition) is 6. The van der Waals surface area contributed by atoms with E-state index in [0.717, 1.165) is 69.5 Å². The van der Waals surface area contributed by atoms with E-state index in [0.29, 0.717) is 12.5 Å². The van der Waals surface area contributed by atoms with Gasteiger partial charge in [0.1, 0.15) is 11.6 Å². The quantitative estimate of drug-likeness (QED) is 0.684. The van der Waals surface area contributed by atoms with Gasteiger partial charge in [0.2, 0.25) is 5.91 Å². The summed E-state index contributed by atoms with van der Waals surface area (Å²) in [6.45, 7) is 8.21. The van der Waals surface area contributed by atoms with Crippen molar-refractivity contribution >= 4 is 11.7 Å². The predicted octanol–water partition coefficient (Wildman–Crippen LogP) is 2.63. The van der Waals surface area contributed by atoms with Crippen LogP contribution in [0.15, 0.2) is 12.3 Å². The monoisotopic (exact) mass is 430 g/mol. The van der Waals surface area contributed by atoms with E-state index in [4.69, 9.17) is 9.47 Å². The Hall–Kier alpha value is -1.86. The lowest BCUT2D eigenvalue weighted by Crippen LogP contribution is -2.47. The molecule has 1 saturated heterocycles. The summed E-state index contributed by atoms with van der Waals surface area (Å²) in [5, 5.41) is 3.20. The Bertz CT molecular complexity index is 728. The van der Waals surface area contributed by atoms with Crippen LogP contribution in [0.25, 0.3) is 0 Å². The number of hydrogen-bond donors (Lipinski definition) is 1. The molecule has 1 unspecified atom stereocenters. The molecule has 4 rings (SSSR count). The van der Waals surface area contributed by atoms with Crippen LogP contribution in [0.3, 0.4) is 0 Å². The molecule has 2 aliphatic heterocycles. The van der Waals surface area contributed by atoms with Crippen molar-refractivity contribution in [2.45, 2.75) is 64.0 Å². The first kappa shape index (κ1) is 22.3. The molecule has 3 aliphatic rings. The van der Waals surface area contributed by atoms with Crippen molar-refractivity contribution in [2.24, 2.45) is 5.92 Å². The third-order valence-corrected chi connectivity index (χ3v) is 7.21. The Morgan fingerprint density at radius 1 is 1.26 bits per heavy atom. The summed E-state index contributed by atoms with van der Waals surface area (Å²) in [6, 6.07) is 2.34. The van der Waals surface area contributed by atoms with Crippen LogP contribution in [0.1, 0.15) is 51.0 Å². The number of aromatic nitrogens is 1. The van der Waals surface area contributed by atoms with Crippen LogP contribution in [-0.4, -0.2) is 74.4 Å². The Balaban J connectivity index is 1.14. The van der Waals surface area contributed by atoms with E-state index in [2.05, 4.69) is 20.1 Å². The Morgan fingerprint density at radius 2 is 2.03 bits per heavy atom. The number of ether oxygens (including phenoxy) is 2. The number of carbonyl (C=O) groups is 1. The first-order chi connectivity index (χ1) is 15.1. The average molecular weight is 431 g/mol. The highest BCUT2D eigenvalue weighted by Crippen LogP contribution is 2.32. The molecule has 3 heterocycles. The van der Waals surface area contributed by atoms with Crippen LogP contribution in [0.5, 0.6) is 5.75 Å². The van der Waals surface area contributed by atoms with Crippen molar-refractivity contribution in [2.75, 3.05) is 51.3 Å². The van der Waals surface area contributed by atoms with Crippen LogP contribution < -0.4 is 15.0 Å². The molecule has 1 saturated carbocycles. The number of nitrogens with zero attached hydrogens (tertiary/aromatic N) is 3. The lowest BCUT2D eigenvalue weighted by atomic mass is 9.84. The van der Waals surface area contributed by atoms with E-state index < -0.39 is 0 Å². The topological polar surface area (TPSA) is 66.9 Å². The lowest BCUT2D eigenvalue weighted by molar-refractivity contribution is -0.124. The molecule has 1 atom stereocenters. The van der Waals surface area contributed by atoms with Gasteiger partial charge in [-0.2, -0.15) is 0 Å². The van der Waals surface area contributed by atoms with Crippen molar-refractivity contribution in [3.63, 3.8) is 0 Å². The van der Waals surface area contributed by atoms with Gasteiger partial charge in [0, 0.05) is 57.5 Å². The minimum Gasteiger partial charge on any atom is -0.493 e. The van der Waals surface area contributed by atoms with Gasteiger partial charge in [0.25, 0.3) is 0 Å². The molecule has 1 amide bonds. The number of nitrogens with one attached hydrogen (secondary N) is 1. The van der Waals surface area contributed by atoms with Gasteiger partial charge in [-0.3, -0.25) is 9.69 Å². The van der Waals surface area contributed by atoms with E-state index in [1.807, 2.05) is 19.2 Å². The summed E-state index contributed by atoms with van der Waals surface area (Å²) in [7, 11) is 1.66. The highest BCUT2D eigenvalue weighted by atomic mass is 16.5. The Morgan fingerprint density at radius 3 is 2.77 bits per heavy atom. The molecule has 0 aromatic carbocycles. The molecular weight excluding hydrogens is 392 g/mol. The van der Waals surface area contributed by atoms with Crippen LogP contribution >= 0.6 is 0 Å². The molecule has 0 radical (unpaired) electrons. The molecular formula is C24H38N4O3. The van der Waals surface area contributed by atoms with Crippen molar-refractivity contribution < 1.29 is 14.3 Å². The summed E-state index contributed by atoms with van der Waals surface area (Å²) >= 11 is 0. The Kier molecular flexibility index (Phi) is 7.67. The molecule has 2 fully saturated rings. The maximum Gasteiger partial charge on any atom is 0.222 e. The zero-order chi connectivity index (χ0) is 21.6. The third-order valence-electron chi connectivity index (χ3n) is 7.21. The minimum absolute atomic E-state index is 0.0104. The molecule has 0 bridgehead atoms. The summed E-state index contributed by atoms with van der Waals surface area (Å²) in [5.41, 5.74) is 1.29. The molecule has 7 nitrogen and oxygen atoms in total. The lowest BCUT2D eigenvalue weighted by Gasteiger charge is -2.37. The predicted molar refractivity (Wildman–Crippen MR) is 122 cm³/mol. The van der Waals surface area contributed by atoms with Crippen molar-refractivity contribution in [3.8, 4) is 5.75 Å². The van der Waals surface area contributed by atoms with Gasteiger partial charge in [-0.15, -0.1) is 0 Å². The summed E-state index contributed by atoms with van der Waals surface area (Å²) in [5.74, 6) is 3.07. The molecule has 1 aromatic rings. The van der Waals surface area contributed by atoms with E-state index in [-0.39, 0.29) is 12.0 Å². The number of anilines is 1. The fraction of sp³-hybridized carbons (Fsp3) is 0.750. The second kappa shape index (κ2) is 10.6. The van der Waals surface area contributed by atoms with Gasteiger partial charge in [-0.05, 0) is 57.6 Å². The second-order valence-corrected chi connectivity index (χ2v) is 9.36. The van der Waals surface area contributed by atoms with Crippen LogP contribution in [-0.2, 0) is 16.0 Å². The summed E-state index contributed by atoms with van der Waals surface area (Å²) < 4.78 is 10.9. The number of amides is 1. The van der Waals surface area contributed by atoms with Gasteiger partial charge < -0.3 is 19.7 Å². The SMILES string of the molecule is COC(C)CC(=O)N[C@H]1CC[C@H](CCN2CCN(c3nccc4c3CCO4)CC2)CC1. The van der Waals surface area contributed by atoms with E-state index in [9.17, 15) is 4.79 Å². The zero-order valence-electron chi connectivity index (χ0n) is 19.1. The number of carbonyl (C=O) groups excluding carboxylic acids is 1. The van der Waals surface area contributed by atoms with E-state index >= 15 is 0 Å². The maximum atomic E-state index is 12.1. The van der Waals surface area contributed by atoms with Crippen LogP contribution in [0, 0.1) is 5.92 Å². The second-order valence-electron chi connectivity index (χ2n) is 9.36. The number of fused-ring (bicyclic) bond motifs is 1. The fourth-order valence-electron chi connectivity index (χ4n) is 5.14. The first-order valence-corrected chi connectivity index (χ1v) is 12.0. The van der Waals surface area contributed by atoms with E-state index in [1.54, 1.807) is 7.11 Å². The molecule has 7 heteroatoms. The third kappa shape index (κ3) is 5.89. The normalized spacial score (nSPS) is 25.0. The number of methoxy groups -OCH3 is 1. The van der Waals surface area contributed by atoms with Gasteiger partial charge in [-0.1, -0.05) is 0 Å². The van der Waals surface area contributed by atoms with Crippen molar-refractivity contribution in [3.05, 3.63) is 17.8 Å². The molecule has 172 valence electrons. The van der Waals surface area contributed by atoms with Gasteiger partial charge in [-0.25, -0.2) is 4.98 Å². The number of pyridine rings is 1. The average Bonchev–Trinajstić information content (AvgIpc) is 3.28. The summed E-state index contributed by atoms with van der Waals surface area (Å²) in [6.07, 6.45) is 9.25. The van der Waals surface area contributed by atoms with E-state index in [1.165, 1.54) is 31.4 Å². The number of rotatable bonds is 8.